The van der Waals surface area contributed by atoms with E-state index in [1.807, 2.05) is 72.9 Å². The van der Waals surface area contributed by atoms with Gasteiger partial charge in [-0.25, -0.2) is 0 Å². The van der Waals surface area contributed by atoms with E-state index in [1.54, 1.807) is 0 Å². The molecular weight excluding hydrogens is 296 g/mol. The minimum absolute atomic E-state index is 0.0612. The van der Waals surface area contributed by atoms with Crippen LogP contribution in [0.1, 0.15) is 48.0 Å². The number of carbonyl (C=O) groups is 1. The molecule has 0 saturated carbocycles. The standard InChI is InChI=1S/C21H36N2O/c1-8-12-18(13-9-2)23-19(24)20(5,6)16-21(14-10-3,15-11-4)17-22-7/h8-15,18,22H,16-17H2,1-7H3,(H,23,24). The van der Waals surface area contributed by atoms with Gasteiger partial charge in [0, 0.05) is 17.4 Å². The third-order valence-electron chi connectivity index (χ3n) is 3.99. The van der Waals surface area contributed by atoms with Crippen LogP contribution in [-0.4, -0.2) is 25.5 Å². The first-order valence-electron chi connectivity index (χ1n) is 8.79. The summed E-state index contributed by atoms with van der Waals surface area (Å²) in [7, 11) is 1.95. The second-order valence-corrected chi connectivity index (χ2v) is 6.87. The smallest absolute Gasteiger partial charge is 0.226 e. The van der Waals surface area contributed by atoms with Crippen LogP contribution in [0.15, 0.2) is 48.6 Å². The minimum atomic E-state index is -0.489. The van der Waals surface area contributed by atoms with Gasteiger partial charge < -0.3 is 10.6 Å². The van der Waals surface area contributed by atoms with Crippen molar-refractivity contribution in [3.05, 3.63) is 48.6 Å². The van der Waals surface area contributed by atoms with Crippen molar-refractivity contribution in [1.29, 1.82) is 0 Å². The fourth-order valence-electron chi connectivity index (χ4n) is 3.17. The molecule has 0 heterocycles. The van der Waals surface area contributed by atoms with Crippen molar-refractivity contribution in [3.8, 4) is 0 Å². The van der Waals surface area contributed by atoms with Gasteiger partial charge in [0.15, 0.2) is 0 Å². The van der Waals surface area contributed by atoms with Crippen molar-refractivity contribution in [2.24, 2.45) is 10.8 Å². The fraction of sp³-hybridized carbons (Fsp3) is 0.571. The van der Waals surface area contributed by atoms with Crippen LogP contribution in [0.25, 0.3) is 0 Å². The number of hydrogen-bond donors (Lipinski definition) is 2. The van der Waals surface area contributed by atoms with Crippen molar-refractivity contribution < 1.29 is 4.79 Å². The van der Waals surface area contributed by atoms with E-state index in [0.29, 0.717) is 0 Å². The van der Waals surface area contributed by atoms with Crippen LogP contribution in [0.4, 0.5) is 0 Å². The summed E-state index contributed by atoms with van der Waals surface area (Å²) < 4.78 is 0. The van der Waals surface area contributed by atoms with Gasteiger partial charge in [-0.15, -0.1) is 0 Å². The summed E-state index contributed by atoms with van der Waals surface area (Å²) in [6.07, 6.45) is 17.1. The molecule has 0 fully saturated rings. The Labute approximate surface area is 149 Å². The van der Waals surface area contributed by atoms with Crippen molar-refractivity contribution in [2.45, 2.75) is 54.0 Å². The van der Waals surface area contributed by atoms with Gasteiger partial charge in [-0.2, -0.15) is 0 Å². The van der Waals surface area contributed by atoms with E-state index in [9.17, 15) is 4.79 Å². The highest BCUT2D eigenvalue weighted by Crippen LogP contribution is 2.37. The summed E-state index contributed by atoms with van der Waals surface area (Å²) in [6, 6.07) is -0.0612. The predicted molar refractivity (Wildman–Crippen MR) is 106 cm³/mol. The molecule has 0 aliphatic carbocycles. The molecule has 0 aliphatic rings. The zero-order valence-corrected chi connectivity index (χ0v) is 16.5. The molecule has 0 bridgehead atoms. The number of carbonyl (C=O) groups excluding carboxylic acids is 1. The maximum Gasteiger partial charge on any atom is 0.226 e. The monoisotopic (exact) mass is 332 g/mol. The molecule has 0 spiro atoms. The van der Waals surface area contributed by atoms with Crippen LogP contribution in [0, 0.1) is 10.8 Å². The molecule has 2 N–H and O–H groups in total. The van der Waals surface area contributed by atoms with Gasteiger partial charge >= 0.3 is 0 Å². The fourth-order valence-corrected chi connectivity index (χ4v) is 3.17. The summed E-state index contributed by atoms with van der Waals surface area (Å²) in [6.45, 7) is 12.8. The third-order valence-corrected chi connectivity index (χ3v) is 3.99. The van der Waals surface area contributed by atoms with Gasteiger partial charge in [-0.3, -0.25) is 4.79 Å². The van der Waals surface area contributed by atoms with Crippen molar-refractivity contribution in [3.63, 3.8) is 0 Å². The van der Waals surface area contributed by atoms with Crippen LogP contribution in [0.5, 0.6) is 0 Å². The molecule has 0 aromatic heterocycles. The summed E-state index contributed by atoms with van der Waals surface area (Å²) >= 11 is 0. The number of hydrogen-bond acceptors (Lipinski definition) is 2. The largest absolute Gasteiger partial charge is 0.346 e. The molecule has 0 rings (SSSR count). The zero-order valence-electron chi connectivity index (χ0n) is 16.5. The number of allylic oxidation sites excluding steroid dienone is 4. The Morgan fingerprint density at radius 1 is 0.958 bits per heavy atom. The highest BCUT2D eigenvalue weighted by molar-refractivity contribution is 5.82. The summed E-state index contributed by atoms with van der Waals surface area (Å²) in [4.78, 5) is 12.9. The molecule has 3 heteroatoms. The molecule has 0 aromatic carbocycles. The molecule has 0 atom stereocenters. The molecule has 0 radical (unpaired) electrons. The lowest BCUT2D eigenvalue weighted by atomic mass is 9.71. The summed E-state index contributed by atoms with van der Waals surface area (Å²) in [5, 5.41) is 6.39. The van der Waals surface area contributed by atoms with E-state index >= 15 is 0 Å². The lowest BCUT2D eigenvalue weighted by Gasteiger charge is -2.36. The second kappa shape index (κ2) is 11.0. The van der Waals surface area contributed by atoms with Crippen LogP contribution >= 0.6 is 0 Å². The molecule has 0 saturated heterocycles. The van der Waals surface area contributed by atoms with E-state index in [-0.39, 0.29) is 17.4 Å². The lowest BCUT2D eigenvalue weighted by Crippen LogP contribution is -2.45. The van der Waals surface area contributed by atoms with Crippen molar-refractivity contribution >= 4 is 5.91 Å². The zero-order chi connectivity index (χ0) is 18.6. The average molecular weight is 333 g/mol. The van der Waals surface area contributed by atoms with Crippen LogP contribution in [0.3, 0.4) is 0 Å². The second-order valence-electron chi connectivity index (χ2n) is 6.87. The topological polar surface area (TPSA) is 41.1 Å². The normalized spacial score (nSPS) is 17.1. The Morgan fingerprint density at radius 2 is 1.46 bits per heavy atom. The first kappa shape index (κ1) is 22.4. The molecule has 0 aliphatic heterocycles. The molecule has 0 unspecified atom stereocenters. The van der Waals surface area contributed by atoms with E-state index in [4.69, 9.17) is 0 Å². The number of nitrogens with one attached hydrogen (secondary N) is 2. The third kappa shape index (κ3) is 7.31. The summed E-state index contributed by atoms with van der Waals surface area (Å²) in [5.41, 5.74) is -0.660. The number of amides is 1. The predicted octanol–water partition coefficient (Wildman–Crippen LogP) is 4.40. The molecular formula is C21H36N2O. The maximum absolute atomic E-state index is 12.9. The molecule has 24 heavy (non-hydrogen) atoms. The van der Waals surface area contributed by atoms with Gasteiger partial charge in [0.25, 0.3) is 0 Å². The Kier molecular flexibility index (Phi) is 10.3. The van der Waals surface area contributed by atoms with Crippen molar-refractivity contribution in [1.82, 2.24) is 10.6 Å². The maximum atomic E-state index is 12.9. The van der Waals surface area contributed by atoms with Crippen LogP contribution in [0.2, 0.25) is 0 Å². The highest BCUT2D eigenvalue weighted by atomic mass is 16.2. The van der Waals surface area contributed by atoms with E-state index < -0.39 is 5.41 Å². The Hall–Kier alpha value is -1.61. The van der Waals surface area contributed by atoms with Gasteiger partial charge in [-0.05, 0) is 41.2 Å². The number of rotatable bonds is 10. The average Bonchev–Trinajstić information content (AvgIpc) is 2.48. The van der Waals surface area contributed by atoms with E-state index in [0.717, 1.165) is 13.0 Å². The molecule has 136 valence electrons. The highest BCUT2D eigenvalue weighted by Gasteiger charge is 2.37. The van der Waals surface area contributed by atoms with E-state index in [2.05, 4.69) is 34.9 Å². The lowest BCUT2D eigenvalue weighted by molar-refractivity contribution is -0.130. The first-order valence-corrected chi connectivity index (χ1v) is 8.79. The van der Waals surface area contributed by atoms with Crippen LogP contribution < -0.4 is 10.6 Å². The Morgan fingerprint density at radius 3 is 1.83 bits per heavy atom. The molecule has 0 aromatic rings. The Balaban J connectivity index is 5.41. The first-order chi connectivity index (χ1) is 11.3. The van der Waals surface area contributed by atoms with E-state index in [1.165, 1.54) is 0 Å². The van der Waals surface area contributed by atoms with Gasteiger partial charge in [0.2, 0.25) is 5.91 Å². The SMILES string of the molecule is CC=CC(C=CC)NC(=O)C(C)(C)CC(C=CC)(C=CC)CNC. The minimum Gasteiger partial charge on any atom is -0.346 e. The molecule has 1 amide bonds. The van der Waals surface area contributed by atoms with Gasteiger partial charge in [0.05, 0.1) is 6.04 Å². The Bertz CT molecular complexity index is 460. The van der Waals surface area contributed by atoms with Crippen LogP contribution in [-0.2, 0) is 4.79 Å². The molecule has 3 nitrogen and oxygen atoms in total. The van der Waals surface area contributed by atoms with Gasteiger partial charge in [0.1, 0.15) is 0 Å². The van der Waals surface area contributed by atoms with Gasteiger partial charge in [-0.1, -0.05) is 62.5 Å². The van der Waals surface area contributed by atoms with Crippen molar-refractivity contribution in [2.75, 3.05) is 13.6 Å². The quantitative estimate of drug-likeness (QED) is 0.582. The summed E-state index contributed by atoms with van der Waals surface area (Å²) in [5.74, 6) is 0.0678.